The minimum absolute atomic E-state index is 0.855. The Labute approximate surface area is 124 Å². The number of hydrogen-bond acceptors (Lipinski definition) is 1. The number of nitrogens with one attached hydrogen (secondary N) is 1. The minimum Gasteiger partial charge on any atom is -0.379 e. The van der Waals surface area contributed by atoms with Gasteiger partial charge in [0.05, 0.1) is 6.54 Å². The average molecular weight is 405 g/mol. The quantitative estimate of drug-likeness (QED) is 0.743. The normalized spacial score (nSPS) is 10.5. The van der Waals surface area contributed by atoms with E-state index in [-0.39, 0.29) is 0 Å². The van der Waals surface area contributed by atoms with Gasteiger partial charge in [-0.25, -0.2) is 0 Å². The number of halogens is 2. The van der Waals surface area contributed by atoms with E-state index in [2.05, 4.69) is 91.9 Å². The molecule has 4 heteroatoms. The van der Waals surface area contributed by atoms with E-state index in [1.54, 1.807) is 0 Å². The van der Waals surface area contributed by atoms with Crippen molar-refractivity contribution in [2.75, 3.05) is 5.32 Å². The minimum atomic E-state index is 0.855. The van der Waals surface area contributed by atoms with Crippen molar-refractivity contribution in [2.24, 2.45) is 0 Å². The summed E-state index contributed by atoms with van der Waals surface area (Å²) in [5.41, 5.74) is 2.45. The number of benzene rings is 1. The molecule has 0 saturated heterocycles. The Balaban J connectivity index is 2.05. The molecule has 2 nitrogen and oxygen atoms in total. The largest absolute Gasteiger partial charge is 0.379 e. The molecule has 1 aromatic carbocycles. The van der Waals surface area contributed by atoms with Crippen LogP contribution in [0.15, 0.2) is 41.0 Å². The van der Waals surface area contributed by atoms with Crippen molar-refractivity contribution in [1.29, 1.82) is 0 Å². The van der Waals surface area contributed by atoms with Crippen molar-refractivity contribution in [2.45, 2.75) is 20.0 Å². The smallest absolute Gasteiger partial charge is 0.0553 e. The molecule has 0 aliphatic carbocycles. The second-order valence-corrected chi connectivity index (χ2v) is 5.78. The molecule has 90 valence electrons. The summed E-state index contributed by atoms with van der Waals surface area (Å²) in [6, 6.07) is 10.6. The molecule has 0 atom stereocenters. The zero-order valence-electron chi connectivity index (χ0n) is 9.58. The van der Waals surface area contributed by atoms with Gasteiger partial charge in [0, 0.05) is 32.2 Å². The SMILES string of the molecule is CCn1cccc1CNc1ccc(I)c(Br)c1. The van der Waals surface area contributed by atoms with Gasteiger partial charge < -0.3 is 9.88 Å². The van der Waals surface area contributed by atoms with E-state index < -0.39 is 0 Å². The Morgan fingerprint density at radius 2 is 2.18 bits per heavy atom. The van der Waals surface area contributed by atoms with Crippen LogP contribution in [-0.2, 0) is 13.1 Å². The van der Waals surface area contributed by atoms with Crippen molar-refractivity contribution in [3.63, 3.8) is 0 Å². The first kappa shape index (κ1) is 13.0. The summed E-state index contributed by atoms with van der Waals surface area (Å²) in [7, 11) is 0. The van der Waals surface area contributed by atoms with Crippen molar-refractivity contribution in [3.8, 4) is 0 Å². The number of hydrogen-bond donors (Lipinski definition) is 1. The number of anilines is 1. The van der Waals surface area contributed by atoms with Crippen molar-refractivity contribution in [3.05, 3.63) is 50.3 Å². The molecule has 0 amide bonds. The molecule has 1 heterocycles. The Kier molecular flexibility index (Phi) is 4.50. The lowest BCUT2D eigenvalue weighted by Crippen LogP contribution is -2.05. The van der Waals surface area contributed by atoms with Crippen LogP contribution in [0.5, 0.6) is 0 Å². The summed E-state index contributed by atoms with van der Waals surface area (Å²) in [6.45, 7) is 4.03. The summed E-state index contributed by atoms with van der Waals surface area (Å²) >= 11 is 5.85. The Hall–Kier alpha value is -0.490. The van der Waals surface area contributed by atoms with Gasteiger partial charge in [0.2, 0.25) is 0 Å². The highest BCUT2D eigenvalue weighted by molar-refractivity contribution is 14.1. The molecule has 2 aromatic rings. The zero-order chi connectivity index (χ0) is 12.3. The maximum Gasteiger partial charge on any atom is 0.0553 e. The predicted octanol–water partition coefficient (Wildman–Crippen LogP) is 4.49. The number of aryl methyl sites for hydroxylation is 1. The van der Waals surface area contributed by atoms with Gasteiger partial charge in [-0.1, -0.05) is 0 Å². The van der Waals surface area contributed by atoms with Crippen LogP contribution in [0.3, 0.4) is 0 Å². The lowest BCUT2D eigenvalue weighted by Gasteiger charge is -2.10. The van der Waals surface area contributed by atoms with Crippen LogP contribution in [0, 0.1) is 3.57 Å². The first-order chi connectivity index (χ1) is 8.20. The van der Waals surface area contributed by atoms with E-state index in [0.717, 1.165) is 23.2 Å². The van der Waals surface area contributed by atoms with Gasteiger partial charge in [-0.2, -0.15) is 0 Å². The second-order valence-electron chi connectivity index (χ2n) is 3.77. The third kappa shape index (κ3) is 3.25. The van der Waals surface area contributed by atoms with E-state index in [1.165, 1.54) is 9.26 Å². The summed E-state index contributed by atoms with van der Waals surface area (Å²) in [6.07, 6.45) is 2.11. The fourth-order valence-electron chi connectivity index (χ4n) is 1.72. The monoisotopic (exact) mass is 404 g/mol. The van der Waals surface area contributed by atoms with E-state index in [4.69, 9.17) is 0 Å². The van der Waals surface area contributed by atoms with E-state index in [1.807, 2.05) is 0 Å². The van der Waals surface area contributed by atoms with E-state index >= 15 is 0 Å². The van der Waals surface area contributed by atoms with Crippen LogP contribution in [0.2, 0.25) is 0 Å². The summed E-state index contributed by atoms with van der Waals surface area (Å²) in [5.74, 6) is 0. The van der Waals surface area contributed by atoms with Crippen molar-refractivity contribution < 1.29 is 0 Å². The van der Waals surface area contributed by atoms with Crippen LogP contribution >= 0.6 is 38.5 Å². The first-order valence-electron chi connectivity index (χ1n) is 5.53. The highest BCUT2D eigenvalue weighted by atomic mass is 127. The van der Waals surface area contributed by atoms with Gasteiger partial charge in [-0.15, -0.1) is 0 Å². The molecule has 17 heavy (non-hydrogen) atoms. The van der Waals surface area contributed by atoms with Gasteiger partial charge in [-0.05, 0) is 75.8 Å². The van der Waals surface area contributed by atoms with E-state index in [0.29, 0.717) is 0 Å². The molecule has 2 rings (SSSR count). The van der Waals surface area contributed by atoms with Crippen LogP contribution in [-0.4, -0.2) is 4.57 Å². The first-order valence-corrected chi connectivity index (χ1v) is 7.41. The van der Waals surface area contributed by atoms with Gasteiger partial charge in [0.1, 0.15) is 0 Å². The molecule has 1 N–H and O–H groups in total. The zero-order valence-corrected chi connectivity index (χ0v) is 13.3. The summed E-state index contributed by atoms with van der Waals surface area (Å²) in [5, 5.41) is 3.44. The van der Waals surface area contributed by atoms with Gasteiger partial charge in [-0.3, -0.25) is 0 Å². The molecule has 0 unspecified atom stereocenters. The van der Waals surface area contributed by atoms with Crippen LogP contribution < -0.4 is 5.32 Å². The second kappa shape index (κ2) is 5.91. The van der Waals surface area contributed by atoms with E-state index in [9.17, 15) is 0 Å². The molecule has 0 aliphatic heterocycles. The lowest BCUT2D eigenvalue weighted by molar-refractivity contribution is 0.724. The predicted molar refractivity (Wildman–Crippen MR) is 84.3 cm³/mol. The molecule has 1 aromatic heterocycles. The molecular weight excluding hydrogens is 391 g/mol. The molecular formula is C13H14BrIN2. The summed E-state index contributed by atoms with van der Waals surface area (Å²) < 4.78 is 4.61. The van der Waals surface area contributed by atoms with Crippen molar-refractivity contribution >= 4 is 44.2 Å². The topological polar surface area (TPSA) is 17.0 Å². The third-order valence-corrected chi connectivity index (χ3v) is 5.00. The lowest BCUT2D eigenvalue weighted by atomic mass is 10.3. The Morgan fingerprint density at radius 3 is 2.88 bits per heavy atom. The van der Waals surface area contributed by atoms with Crippen LogP contribution in [0.25, 0.3) is 0 Å². The highest BCUT2D eigenvalue weighted by Crippen LogP contribution is 2.23. The van der Waals surface area contributed by atoms with Gasteiger partial charge >= 0.3 is 0 Å². The average Bonchev–Trinajstić information content (AvgIpc) is 2.78. The summed E-state index contributed by atoms with van der Waals surface area (Å²) in [4.78, 5) is 0. The van der Waals surface area contributed by atoms with Crippen LogP contribution in [0.4, 0.5) is 5.69 Å². The van der Waals surface area contributed by atoms with Crippen LogP contribution in [0.1, 0.15) is 12.6 Å². The van der Waals surface area contributed by atoms with Crippen molar-refractivity contribution in [1.82, 2.24) is 4.57 Å². The number of nitrogens with zero attached hydrogens (tertiary/aromatic N) is 1. The molecule has 0 spiro atoms. The highest BCUT2D eigenvalue weighted by Gasteiger charge is 2.01. The Morgan fingerprint density at radius 1 is 1.35 bits per heavy atom. The molecule has 0 aliphatic rings. The number of aromatic nitrogens is 1. The Bertz CT molecular complexity index is 508. The maximum atomic E-state index is 3.54. The molecule has 0 saturated carbocycles. The number of rotatable bonds is 4. The third-order valence-electron chi connectivity index (χ3n) is 2.66. The molecule has 0 fully saturated rings. The molecule has 0 bridgehead atoms. The standard InChI is InChI=1S/C13H14BrIN2/c1-2-17-7-3-4-11(17)9-16-10-5-6-13(15)12(14)8-10/h3-8,16H,2,9H2,1H3. The molecule has 0 radical (unpaired) electrons. The van der Waals surface area contributed by atoms with Gasteiger partial charge in [0.15, 0.2) is 0 Å². The maximum absolute atomic E-state index is 3.54. The fourth-order valence-corrected chi connectivity index (χ4v) is 2.43. The van der Waals surface area contributed by atoms with Gasteiger partial charge in [0.25, 0.3) is 0 Å². The fraction of sp³-hybridized carbons (Fsp3) is 0.231.